The molecule has 0 unspecified atom stereocenters. The molecular weight excluding hydrogens is 528 g/mol. The van der Waals surface area contributed by atoms with Gasteiger partial charge in [-0.05, 0) is 71.2 Å². The summed E-state index contributed by atoms with van der Waals surface area (Å²) in [5.41, 5.74) is 3.90. The number of amides is 1. The van der Waals surface area contributed by atoms with Crippen LogP contribution in [0, 0.1) is 16.7 Å². The number of carbonyl (C=O) groups excluding carboxylic acids is 1. The number of pyridine rings is 1. The SMILES string of the molecule is CCC1(C(=O)NC(C)C)CCN(c2ccc(-c3nc(-c4cnn(C5CCNCC5)c4)cn4ncc(C#N)c34)cn2)CC1. The highest BCUT2D eigenvalue weighted by Gasteiger charge is 2.40. The predicted molar refractivity (Wildman–Crippen MR) is 161 cm³/mol. The minimum atomic E-state index is -0.325. The Morgan fingerprint density at radius 3 is 2.57 bits per heavy atom. The number of fused-ring (bicyclic) bond motifs is 1. The molecule has 0 radical (unpaired) electrons. The third kappa shape index (κ3) is 5.23. The number of nitrogens with zero attached hydrogens (tertiary/aromatic N) is 8. The Hall–Kier alpha value is -4.30. The number of aromatic nitrogens is 6. The van der Waals surface area contributed by atoms with Gasteiger partial charge >= 0.3 is 0 Å². The quantitative estimate of drug-likeness (QED) is 0.344. The van der Waals surface area contributed by atoms with Crippen molar-refractivity contribution < 1.29 is 4.79 Å². The predicted octanol–water partition coefficient (Wildman–Crippen LogP) is 3.97. The standard InChI is InChI=1S/C31H38N10O/c1-4-31(30(42)37-21(2)3)9-13-39(14-10-31)27-6-5-22(16-34-27)28-29-23(15-32)17-36-41(29)20-26(38-28)24-18-35-40(19-24)25-7-11-33-12-8-25/h5-6,16-21,25,33H,4,7-14H2,1-3H3,(H,37,42). The Morgan fingerprint density at radius 2 is 1.90 bits per heavy atom. The summed E-state index contributed by atoms with van der Waals surface area (Å²) < 4.78 is 3.77. The molecule has 6 heterocycles. The van der Waals surface area contributed by atoms with Gasteiger partial charge in [0, 0.05) is 42.7 Å². The summed E-state index contributed by atoms with van der Waals surface area (Å²) in [5.74, 6) is 1.03. The lowest BCUT2D eigenvalue weighted by atomic mass is 9.75. The molecule has 0 spiro atoms. The van der Waals surface area contributed by atoms with Gasteiger partial charge in [0.2, 0.25) is 5.91 Å². The van der Waals surface area contributed by atoms with Gasteiger partial charge in [0.15, 0.2) is 0 Å². The van der Waals surface area contributed by atoms with Gasteiger partial charge in [-0.15, -0.1) is 0 Å². The van der Waals surface area contributed by atoms with E-state index in [1.165, 1.54) is 0 Å². The average molecular weight is 567 g/mol. The van der Waals surface area contributed by atoms with E-state index in [2.05, 4.69) is 44.9 Å². The van der Waals surface area contributed by atoms with E-state index < -0.39 is 0 Å². The second-order valence-corrected chi connectivity index (χ2v) is 11.8. The van der Waals surface area contributed by atoms with Crippen molar-refractivity contribution in [3.63, 3.8) is 0 Å². The van der Waals surface area contributed by atoms with Gasteiger partial charge in [0.1, 0.15) is 23.0 Å². The summed E-state index contributed by atoms with van der Waals surface area (Å²) in [5, 5.41) is 25.4. The van der Waals surface area contributed by atoms with Crippen LogP contribution in [-0.4, -0.2) is 67.5 Å². The largest absolute Gasteiger partial charge is 0.357 e. The number of carbonyl (C=O) groups is 1. The number of nitrogens with one attached hydrogen (secondary N) is 2. The summed E-state index contributed by atoms with van der Waals surface area (Å²) in [6.45, 7) is 9.64. The zero-order valence-corrected chi connectivity index (χ0v) is 24.5. The van der Waals surface area contributed by atoms with E-state index in [0.717, 1.165) is 80.9 Å². The lowest BCUT2D eigenvalue weighted by Gasteiger charge is -2.41. The van der Waals surface area contributed by atoms with Gasteiger partial charge in [-0.3, -0.25) is 9.48 Å². The van der Waals surface area contributed by atoms with Crippen molar-refractivity contribution in [1.82, 2.24) is 40.0 Å². The maximum absolute atomic E-state index is 13.0. The van der Waals surface area contributed by atoms with Crippen LogP contribution in [0.5, 0.6) is 0 Å². The van der Waals surface area contributed by atoms with E-state index in [0.29, 0.717) is 22.8 Å². The Bertz CT molecular complexity index is 1600. The van der Waals surface area contributed by atoms with Crippen molar-refractivity contribution in [2.24, 2.45) is 5.41 Å². The third-order valence-electron chi connectivity index (χ3n) is 8.84. The molecule has 0 bridgehead atoms. The van der Waals surface area contributed by atoms with Crippen LogP contribution in [0.4, 0.5) is 5.82 Å². The molecule has 2 saturated heterocycles. The van der Waals surface area contributed by atoms with E-state index in [4.69, 9.17) is 9.97 Å². The number of hydrogen-bond donors (Lipinski definition) is 2. The Balaban J connectivity index is 1.27. The molecule has 2 aliphatic rings. The molecule has 0 atom stereocenters. The molecule has 2 aliphatic heterocycles. The van der Waals surface area contributed by atoms with Crippen LogP contribution in [0.2, 0.25) is 0 Å². The monoisotopic (exact) mass is 566 g/mol. The highest BCUT2D eigenvalue weighted by atomic mass is 16.2. The highest BCUT2D eigenvalue weighted by molar-refractivity contribution is 5.84. The summed E-state index contributed by atoms with van der Waals surface area (Å²) in [4.78, 5) is 25.0. The fraction of sp³-hybridized carbons (Fsp3) is 0.484. The van der Waals surface area contributed by atoms with Crippen LogP contribution in [0.3, 0.4) is 0 Å². The van der Waals surface area contributed by atoms with Crippen LogP contribution in [0.25, 0.3) is 28.0 Å². The second-order valence-electron chi connectivity index (χ2n) is 11.8. The normalized spacial score (nSPS) is 17.5. The topological polar surface area (TPSA) is 129 Å². The molecule has 218 valence electrons. The van der Waals surface area contributed by atoms with Crippen molar-refractivity contribution in [3.05, 3.63) is 48.7 Å². The summed E-state index contributed by atoms with van der Waals surface area (Å²) >= 11 is 0. The molecule has 0 aromatic carbocycles. The average Bonchev–Trinajstić information content (AvgIpc) is 3.69. The molecule has 6 rings (SSSR count). The Kier molecular flexibility index (Phi) is 7.64. The number of hydrogen-bond acceptors (Lipinski definition) is 8. The van der Waals surface area contributed by atoms with E-state index in [1.54, 1.807) is 10.7 Å². The molecule has 2 fully saturated rings. The molecule has 4 aromatic rings. The zero-order chi connectivity index (χ0) is 29.3. The first-order valence-electron chi connectivity index (χ1n) is 15.0. The number of piperidine rings is 2. The molecule has 42 heavy (non-hydrogen) atoms. The Morgan fingerprint density at radius 1 is 1.12 bits per heavy atom. The molecule has 0 aliphatic carbocycles. The molecule has 0 saturated carbocycles. The molecule has 11 nitrogen and oxygen atoms in total. The Labute approximate surface area is 246 Å². The van der Waals surface area contributed by atoms with Crippen molar-refractivity contribution in [2.75, 3.05) is 31.1 Å². The van der Waals surface area contributed by atoms with E-state index >= 15 is 0 Å². The first-order valence-corrected chi connectivity index (χ1v) is 15.0. The third-order valence-corrected chi connectivity index (χ3v) is 8.84. The van der Waals surface area contributed by atoms with Crippen molar-refractivity contribution in [3.8, 4) is 28.6 Å². The first-order chi connectivity index (χ1) is 20.4. The van der Waals surface area contributed by atoms with Gasteiger partial charge < -0.3 is 15.5 Å². The first kappa shape index (κ1) is 27.8. The molecule has 4 aromatic heterocycles. The maximum atomic E-state index is 13.0. The van der Waals surface area contributed by atoms with Gasteiger partial charge in [0.05, 0.1) is 41.4 Å². The molecular formula is C31H38N10O. The van der Waals surface area contributed by atoms with Crippen molar-refractivity contribution in [2.45, 2.75) is 65.0 Å². The van der Waals surface area contributed by atoms with E-state index in [9.17, 15) is 10.1 Å². The van der Waals surface area contributed by atoms with Gasteiger partial charge in [-0.25, -0.2) is 14.5 Å². The minimum Gasteiger partial charge on any atom is -0.357 e. The fourth-order valence-electron chi connectivity index (χ4n) is 6.21. The summed E-state index contributed by atoms with van der Waals surface area (Å²) in [6, 6.07) is 6.78. The highest BCUT2D eigenvalue weighted by Crippen LogP contribution is 2.37. The van der Waals surface area contributed by atoms with Gasteiger partial charge in [-0.1, -0.05) is 6.92 Å². The van der Waals surface area contributed by atoms with Gasteiger partial charge in [-0.2, -0.15) is 15.5 Å². The number of anilines is 1. The number of rotatable bonds is 7. The lowest BCUT2D eigenvalue weighted by Crippen LogP contribution is -2.50. The van der Waals surface area contributed by atoms with Crippen LogP contribution in [-0.2, 0) is 4.79 Å². The second kappa shape index (κ2) is 11.5. The zero-order valence-electron chi connectivity index (χ0n) is 24.5. The summed E-state index contributed by atoms with van der Waals surface area (Å²) in [7, 11) is 0. The van der Waals surface area contributed by atoms with Crippen LogP contribution < -0.4 is 15.5 Å². The smallest absolute Gasteiger partial charge is 0.226 e. The number of nitriles is 1. The molecule has 2 N–H and O–H groups in total. The summed E-state index contributed by atoms with van der Waals surface area (Å²) in [6.07, 6.45) is 13.7. The minimum absolute atomic E-state index is 0.134. The van der Waals surface area contributed by atoms with Crippen molar-refractivity contribution in [1.29, 1.82) is 5.26 Å². The molecule has 11 heteroatoms. The van der Waals surface area contributed by atoms with Gasteiger partial charge in [0.25, 0.3) is 0 Å². The van der Waals surface area contributed by atoms with Crippen LogP contribution >= 0.6 is 0 Å². The fourth-order valence-corrected chi connectivity index (χ4v) is 6.21. The van der Waals surface area contributed by atoms with Crippen LogP contribution in [0.1, 0.15) is 64.5 Å². The van der Waals surface area contributed by atoms with E-state index in [1.807, 2.05) is 49.3 Å². The maximum Gasteiger partial charge on any atom is 0.226 e. The van der Waals surface area contributed by atoms with Crippen molar-refractivity contribution >= 4 is 17.2 Å². The lowest BCUT2D eigenvalue weighted by molar-refractivity contribution is -0.133. The van der Waals surface area contributed by atoms with Crippen LogP contribution in [0.15, 0.2) is 43.1 Å². The van der Waals surface area contributed by atoms with E-state index in [-0.39, 0.29) is 17.4 Å². The molecule has 1 amide bonds.